The van der Waals surface area contributed by atoms with E-state index in [2.05, 4.69) is 19.9 Å². The van der Waals surface area contributed by atoms with Crippen molar-refractivity contribution in [3.05, 3.63) is 35.4 Å². The van der Waals surface area contributed by atoms with E-state index >= 15 is 0 Å². The summed E-state index contributed by atoms with van der Waals surface area (Å²) in [5, 5.41) is 0. The number of hydrogen-bond acceptors (Lipinski definition) is 1. The van der Waals surface area contributed by atoms with Gasteiger partial charge in [0.05, 0.1) is 0 Å². The highest BCUT2D eigenvalue weighted by Crippen LogP contribution is 2.23. The molecule has 1 aromatic carbocycles. The predicted molar refractivity (Wildman–Crippen MR) is 84.0 cm³/mol. The lowest BCUT2D eigenvalue weighted by Gasteiger charge is -2.32. The number of aryl methyl sites for hydroxylation is 1. The van der Waals surface area contributed by atoms with Gasteiger partial charge in [0.2, 0.25) is 0 Å². The fraction of sp³-hybridized carbons (Fsp3) is 0.611. The molecule has 0 saturated carbocycles. The normalized spacial score (nSPS) is 16.4. The van der Waals surface area contributed by atoms with Crippen molar-refractivity contribution >= 4 is 5.91 Å². The molecule has 0 unspecified atom stereocenters. The van der Waals surface area contributed by atoms with Crippen LogP contribution in [0.15, 0.2) is 24.3 Å². The molecule has 110 valence electrons. The molecule has 0 radical (unpaired) electrons. The van der Waals surface area contributed by atoms with E-state index in [4.69, 9.17) is 0 Å². The minimum atomic E-state index is 0.217. The summed E-state index contributed by atoms with van der Waals surface area (Å²) in [5.74, 6) is 1.05. The van der Waals surface area contributed by atoms with Gasteiger partial charge in [-0.2, -0.15) is 0 Å². The van der Waals surface area contributed by atoms with E-state index in [0.29, 0.717) is 0 Å². The highest BCUT2D eigenvalue weighted by Gasteiger charge is 2.23. The molecule has 0 bridgehead atoms. The first-order valence-electron chi connectivity index (χ1n) is 8.12. The standard InChI is InChI=1S/C18H27NO/c1-3-5-7-16-10-12-19(13-11-16)18(20)17-9-6-8-15(4-2)14-17/h6,8-9,14,16H,3-5,7,10-13H2,1-2H3. The van der Waals surface area contributed by atoms with E-state index in [-0.39, 0.29) is 5.91 Å². The maximum atomic E-state index is 12.5. The Morgan fingerprint density at radius 1 is 1.25 bits per heavy atom. The number of amides is 1. The lowest BCUT2D eigenvalue weighted by Crippen LogP contribution is -2.38. The third-order valence-electron chi connectivity index (χ3n) is 4.45. The van der Waals surface area contributed by atoms with E-state index in [9.17, 15) is 4.79 Å². The van der Waals surface area contributed by atoms with Crippen molar-refractivity contribution in [3.63, 3.8) is 0 Å². The number of nitrogens with zero attached hydrogens (tertiary/aromatic N) is 1. The summed E-state index contributed by atoms with van der Waals surface area (Å²) in [6.07, 6.45) is 7.29. The Kier molecular flexibility index (Phi) is 5.63. The summed E-state index contributed by atoms with van der Waals surface area (Å²) in [4.78, 5) is 14.6. The second kappa shape index (κ2) is 7.47. The Balaban J connectivity index is 1.91. The van der Waals surface area contributed by atoms with Crippen molar-refractivity contribution in [2.24, 2.45) is 5.92 Å². The number of unbranched alkanes of at least 4 members (excludes halogenated alkanes) is 1. The fourth-order valence-corrected chi connectivity index (χ4v) is 3.02. The van der Waals surface area contributed by atoms with Gasteiger partial charge in [0.15, 0.2) is 0 Å². The molecule has 1 amide bonds. The number of hydrogen-bond donors (Lipinski definition) is 0. The van der Waals surface area contributed by atoms with Crippen LogP contribution in [0.4, 0.5) is 0 Å². The number of carbonyl (C=O) groups is 1. The maximum Gasteiger partial charge on any atom is 0.253 e. The molecule has 1 aromatic rings. The molecule has 2 nitrogen and oxygen atoms in total. The van der Waals surface area contributed by atoms with Crippen LogP contribution in [0.1, 0.15) is 61.9 Å². The smallest absolute Gasteiger partial charge is 0.253 e. The van der Waals surface area contributed by atoms with Crippen molar-refractivity contribution < 1.29 is 4.79 Å². The van der Waals surface area contributed by atoms with Crippen LogP contribution >= 0.6 is 0 Å². The SMILES string of the molecule is CCCCC1CCN(C(=O)c2cccc(CC)c2)CC1. The number of rotatable bonds is 5. The molecule has 0 atom stereocenters. The summed E-state index contributed by atoms with van der Waals surface area (Å²) in [6, 6.07) is 8.09. The average molecular weight is 273 g/mol. The second-order valence-corrected chi connectivity index (χ2v) is 5.93. The van der Waals surface area contributed by atoms with E-state index in [1.807, 2.05) is 23.1 Å². The molecule has 0 N–H and O–H groups in total. The minimum absolute atomic E-state index is 0.217. The van der Waals surface area contributed by atoms with Gasteiger partial charge in [-0.15, -0.1) is 0 Å². The number of benzene rings is 1. The maximum absolute atomic E-state index is 12.5. The van der Waals surface area contributed by atoms with Gasteiger partial charge in [-0.25, -0.2) is 0 Å². The van der Waals surface area contributed by atoms with Gasteiger partial charge >= 0.3 is 0 Å². The van der Waals surface area contributed by atoms with Gasteiger partial charge < -0.3 is 4.90 Å². The van der Waals surface area contributed by atoms with Gasteiger partial charge in [-0.3, -0.25) is 4.79 Å². The third-order valence-corrected chi connectivity index (χ3v) is 4.45. The molecule has 1 aliphatic heterocycles. The average Bonchev–Trinajstić information content (AvgIpc) is 2.52. The molecule has 1 saturated heterocycles. The Bertz CT molecular complexity index is 433. The van der Waals surface area contributed by atoms with Crippen molar-refractivity contribution in [2.45, 2.75) is 52.4 Å². The van der Waals surface area contributed by atoms with Crippen molar-refractivity contribution in [1.29, 1.82) is 0 Å². The largest absolute Gasteiger partial charge is 0.339 e. The van der Waals surface area contributed by atoms with E-state index in [1.54, 1.807) is 0 Å². The molecule has 1 heterocycles. The van der Waals surface area contributed by atoms with Gasteiger partial charge in [0.1, 0.15) is 0 Å². The summed E-state index contributed by atoms with van der Waals surface area (Å²) in [6.45, 7) is 6.25. The van der Waals surface area contributed by atoms with Crippen LogP contribution in [0.2, 0.25) is 0 Å². The lowest BCUT2D eigenvalue weighted by molar-refractivity contribution is 0.0685. The third kappa shape index (κ3) is 3.84. The van der Waals surface area contributed by atoms with Crippen LogP contribution in [0, 0.1) is 5.92 Å². The zero-order valence-electron chi connectivity index (χ0n) is 12.9. The highest BCUT2D eigenvalue weighted by molar-refractivity contribution is 5.94. The molecule has 2 heteroatoms. The molecule has 0 spiro atoms. The first-order chi connectivity index (χ1) is 9.74. The van der Waals surface area contributed by atoms with Crippen molar-refractivity contribution in [3.8, 4) is 0 Å². The molecule has 1 fully saturated rings. The predicted octanol–water partition coefficient (Wildman–Crippen LogP) is 4.29. The monoisotopic (exact) mass is 273 g/mol. The number of carbonyl (C=O) groups excluding carboxylic acids is 1. The van der Waals surface area contributed by atoms with Crippen LogP contribution in [-0.2, 0) is 6.42 Å². The zero-order chi connectivity index (χ0) is 14.4. The summed E-state index contributed by atoms with van der Waals surface area (Å²) in [5.41, 5.74) is 2.10. The molecule has 0 aliphatic carbocycles. The van der Waals surface area contributed by atoms with E-state index in [0.717, 1.165) is 31.0 Å². The number of likely N-dealkylation sites (tertiary alicyclic amines) is 1. The molecule has 0 aromatic heterocycles. The Hall–Kier alpha value is -1.31. The summed E-state index contributed by atoms with van der Waals surface area (Å²) < 4.78 is 0. The topological polar surface area (TPSA) is 20.3 Å². The molecular formula is C18H27NO. The summed E-state index contributed by atoms with van der Waals surface area (Å²) >= 11 is 0. The van der Waals surface area contributed by atoms with Crippen molar-refractivity contribution in [2.75, 3.05) is 13.1 Å². The second-order valence-electron chi connectivity index (χ2n) is 5.93. The summed E-state index contributed by atoms with van der Waals surface area (Å²) in [7, 11) is 0. The zero-order valence-corrected chi connectivity index (χ0v) is 12.9. The molecule has 2 rings (SSSR count). The van der Waals surface area contributed by atoms with Crippen LogP contribution < -0.4 is 0 Å². The minimum Gasteiger partial charge on any atom is -0.339 e. The number of piperidine rings is 1. The van der Waals surface area contributed by atoms with Gasteiger partial charge in [0, 0.05) is 18.7 Å². The first kappa shape index (κ1) is 15.1. The van der Waals surface area contributed by atoms with Crippen molar-refractivity contribution in [1.82, 2.24) is 4.90 Å². The van der Waals surface area contributed by atoms with E-state index < -0.39 is 0 Å². The lowest BCUT2D eigenvalue weighted by atomic mass is 9.91. The van der Waals surface area contributed by atoms with Crippen LogP contribution in [-0.4, -0.2) is 23.9 Å². The van der Waals surface area contributed by atoms with Crippen LogP contribution in [0.3, 0.4) is 0 Å². The van der Waals surface area contributed by atoms with Gasteiger partial charge in [-0.05, 0) is 42.9 Å². The highest BCUT2D eigenvalue weighted by atomic mass is 16.2. The Labute approximate surface area is 123 Å². The van der Waals surface area contributed by atoms with Gasteiger partial charge in [0.25, 0.3) is 5.91 Å². The molecular weight excluding hydrogens is 246 g/mol. The Morgan fingerprint density at radius 3 is 2.65 bits per heavy atom. The first-order valence-corrected chi connectivity index (χ1v) is 8.12. The quantitative estimate of drug-likeness (QED) is 0.783. The van der Waals surface area contributed by atoms with Crippen LogP contribution in [0.25, 0.3) is 0 Å². The van der Waals surface area contributed by atoms with Gasteiger partial charge in [-0.1, -0.05) is 45.2 Å². The van der Waals surface area contributed by atoms with Crippen LogP contribution in [0.5, 0.6) is 0 Å². The Morgan fingerprint density at radius 2 is 2.00 bits per heavy atom. The fourth-order valence-electron chi connectivity index (χ4n) is 3.02. The molecule has 1 aliphatic rings. The van der Waals surface area contributed by atoms with E-state index in [1.165, 1.54) is 37.7 Å². The molecule has 20 heavy (non-hydrogen) atoms.